The van der Waals surface area contributed by atoms with Gasteiger partial charge in [0.1, 0.15) is 0 Å². The molecule has 1 fully saturated rings. The van der Waals surface area contributed by atoms with Gasteiger partial charge in [-0.25, -0.2) is 12.7 Å². The minimum atomic E-state index is -3.19. The van der Waals surface area contributed by atoms with Crippen LogP contribution in [-0.4, -0.2) is 59.7 Å². The molecule has 1 aliphatic rings. The van der Waals surface area contributed by atoms with E-state index < -0.39 is 21.8 Å². The lowest BCUT2D eigenvalue weighted by molar-refractivity contribution is -0.139. The molecule has 23 heavy (non-hydrogen) atoms. The number of hydrogen-bond donors (Lipinski definition) is 2. The smallest absolute Gasteiger partial charge is 0.309 e. The molecule has 9 nitrogen and oxygen atoms in total. The number of sulfonamides is 1. The summed E-state index contributed by atoms with van der Waals surface area (Å²) in [6.07, 6.45) is 3.96. The summed E-state index contributed by atoms with van der Waals surface area (Å²) in [6, 6.07) is -0.346. The van der Waals surface area contributed by atoms with Crippen molar-refractivity contribution in [3.8, 4) is 0 Å². The molecule has 0 radical (unpaired) electrons. The molecule has 0 aromatic carbocycles. The summed E-state index contributed by atoms with van der Waals surface area (Å²) in [6.45, 7) is 2.49. The van der Waals surface area contributed by atoms with Crippen molar-refractivity contribution in [1.82, 2.24) is 24.7 Å². The van der Waals surface area contributed by atoms with Crippen LogP contribution in [0.25, 0.3) is 0 Å². The van der Waals surface area contributed by atoms with Gasteiger partial charge in [0.15, 0.2) is 0 Å². The van der Waals surface area contributed by atoms with E-state index >= 15 is 0 Å². The highest BCUT2D eigenvalue weighted by molar-refractivity contribution is 7.89. The van der Waals surface area contributed by atoms with Gasteiger partial charge in [0.05, 0.1) is 18.0 Å². The molecule has 10 heteroatoms. The molecule has 1 atom stereocenters. The molecular weight excluding hydrogens is 322 g/mol. The average Bonchev–Trinajstić information content (AvgIpc) is 3.05. The van der Waals surface area contributed by atoms with Crippen molar-refractivity contribution in [3.63, 3.8) is 0 Å². The number of rotatable bonds is 5. The molecular formula is C13H21N5O4S. The van der Waals surface area contributed by atoms with Crippen LogP contribution in [0.5, 0.6) is 0 Å². The number of nitrogens with one attached hydrogen (secondary N) is 2. The van der Waals surface area contributed by atoms with Crippen LogP contribution >= 0.6 is 0 Å². The van der Waals surface area contributed by atoms with Crippen molar-refractivity contribution >= 4 is 21.8 Å². The maximum absolute atomic E-state index is 11.8. The Hall–Kier alpha value is -1.94. The normalized spacial score (nSPS) is 18.5. The maximum Gasteiger partial charge on any atom is 0.309 e. The summed E-state index contributed by atoms with van der Waals surface area (Å²) in [7, 11) is -1.42. The van der Waals surface area contributed by atoms with Crippen LogP contribution in [0.1, 0.15) is 24.9 Å². The molecule has 0 spiro atoms. The lowest BCUT2D eigenvalue weighted by Crippen LogP contribution is -2.43. The van der Waals surface area contributed by atoms with E-state index in [-0.39, 0.29) is 24.9 Å². The molecule has 128 valence electrons. The third-order valence-corrected chi connectivity index (χ3v) is 5.59. The molecule has 2 amide bonds. The fourth-order valence-corrected chi connectivity index (χ4v) is 3.85. The van der Waals surface area contributed by atoms with E-state index in [1.165, 1.54) is 4.31 Å². The largest absolute Gasteiger partial charge is 0.347 e. The highest BCUT2D eigenvalue weighted by Gasteiger charge is 2.27. The third-order valence-electron chi connectivity index (χ3n) is 3.63. The number of hydrogen-bond acceptors (Lipinski definition) is 5. The van der Waals surface area contributed by atoms with E-state index in [1.54, 1.807) is 31.0 Å². The number of aromatic nitrogens is 2. The van der Waals surface area contributed by atoms with Gasteiger partial charge < -0.3 is 10.6 Å². The van der Waals surface area contributed by atoms with Gasteiger partial charge in [-0.05, 0) is 13.3 Å². The first-order valence-electron chi connectivity index (χ1n) is 7.34. The van der Waals surface area contributed by atoms with Crippen LogP contribution in [0.3, 0.4) is 0 Å². The summed E-state index contributed by atoms with van der Waals surface area (Å²) in [5.41, 5.74) is 0.789. The number of carbonyl (C=O) groups is 2. The zero-order chi connectivity index (χ0) is 17.0. The van der Waals surface area contributed by atoms with E-state index in [1.807, 2.05) is 0 Å². The van der Waals surface area contributed by atoms with E-state index in [4.69, 9.17) is 0 Å². The van der Waals surface area contributed by atoms with Crippen LogP contribution in [-0.2, 0) is 26.7 Å². The Morgan fingerprint density at radius 2 is 2.13 bits per heavy atom. The maximum atomic E-state index is 11.8. The number of amides is 2. The van der Waals surface area contributed by atoms with E-state index in [2.05, 4.69) is 15.7 Å². The number of nitrogens with zero attached hydrogens (tertiary/aromatic N) is 3. The summed E-state index contributed by atoms with van der Waals surface area (Å²) >= 11 is 0. The number of carbonyl (C=O) groups excluding carboxylic acids is 2. The first kappa shape index (κ1) is 17.4. The van der Waals surface area contributed by atoms with Gasteiger partial charge in [0.25, 0.3) is 0 Å². The Labute approximate surface area is 135 Å². The van der Waals surface area contributed by atoms with Gasteiger partial charge >= 0.3 is 11.8 Å². The summed E-state index contributed by atoms with van der Waals surface area (Å²) in [5.74, 6) is -1.40. The van der Waals surface area contributed by atoms with Crippen molar-refractivity contribution in [3.05, 3.63) is 18.0 Å². The zero-order valence-electron chi connectivity index (χ0n) is 13.2. The second-order valence-corrected chi connectivity index (χ2v) is 7.56. The Morgan fingerprint density at radius 3 is 2.70 bits per heavy atom. The molecule has 2 rings (SSSR count). The van der Waals surface area contributed by atoms with Crippen molar-refractivity contribution in [2.24, 2.45) is 7.05 Å². The van der Waals surface area contributed by atoms with Crippen LogP contribution in [0, 0.1) is 0 Å². The fourth-order valence-electron chi connectivity index (χ4n) is 2.33. The SMILES string of the molecule is CC(NC(=O)C(=O)NCCN1CCCS1(=O)=O)c1cnn(C)c1. The van der Waals surface area contributed by atoms with E-state index in [0.29, 0.717) is 13.0 Å². The van der Waals surface area contributed by atoms with Crippen molar-refractivity contribution < 1.29 is 18.0 Å². The molecule has 1 aromatic rings. The highest BCUT2D eigenvalue weighted by Crippen LogP contribution is 2.12. The second kappa shape index (κ2) is 7.09. The van der Waals surface area contributed by atoms with E-state index in [0.717, 1.165) is 5.56 Å². The molecule has 2 N–H and O–H groups in total. The van der Waals surface area contributed by atoms with E-state index in [9.17, 15) is 18.0 Å². The van der Waals surface area contributed by atoms with Gasteiger partial charge in [0.2, 0.25) is 10.0 Å². The fraction of sp³-hybridized carbons (Fsp3) is 0.615. The molecule has 0 bridgehead atoms. The van der Waals surface area contributed by atoms with Gasteiger partial charge in [-0.15, -0.1) is 0 Å². The Balaban J connectivity index is 1.76. The first-order valence-corrected chi connectivity index (χ1v) is 8.95. The third kappa shape index (κ3) is 4.52. The summed E-state index contributed by atoms with van der Waals surface area (Å²) in [4.78, 5) is 23.5. The standard InChI is InChI=1S/C13H21N5O4S/c1-10(11-8-15-17(2)9-11)16-13(20)12(19)14-4-6-18-5-3-7-23(18,21)22/h8-10H,3-7H2,1-2H3,(H,14,19)(H,16,20). The van der Waals surface area contributed by atoms with Gasteiger partial charge in [-0.1, -0.05) is 0 Å². The lowest BCUT2D eigenvalue weighted by Gasteiger charge is -2.15. The molecule has 1 saturated heterocycles. The van der Waals surface area contributed by atoms with Crippen LogP contribution in [0.2, 0.25) is 0 Å². The van der Waals surface area contributed by atoms with Crippen LogP contribution in [0.15, 0.2) is 12.4 Å². The Kier molecular flexibility index (Phi) is 5.37. The molecule has 0 saturated carbocycles. The molecule has 1 aliphatic heterocycles. The summed E-state index contributed by atoms with van der Waals surface area (Å²) < 4.78 is 26.1. The van der Waals surface area contributed by atoms with Gasteiger partial charge in [-0.3, -0.25) is 14.3 Å². The predicted molar refractivity (Wildman–Crippen MR) is 82.8 cm³/mol. The summed E-state index contributed by atoms with van der Waals surface area (Å²) in [5, 5.41) is 9.00. The minimum absolute atomic E-state index is 0.104. The molecule has 2 heterocycles. The molecule has 1 aromatic heterocycles. The Bertz CT molecular complexity index is 684. The lowest BCUT2D eigenvalue weighted by atomic mass is 10.2. The predicted octanol–water partition coefficient (Wildman–Crippen LogP) is -1.25. The topological polar surface area (TPSA) is 113 Å². The monoisotopic (exact) mass is 343 g/mol. The van der Waals surface area contributed by atoms with Crippen molar-refractivity contribution in [1.29, 1.82) is 0 Å². The quantitative estimate of drug-likeness (QED) is 0.649. The van der Waals surface area contributed by atoms with Crippen LogP contribution < -0.4 is 10.6 Å². The van der Waals surface area contributed by atoms with Gasteiger partial charge in [0, 0.05) is 38.4 Å². The zero-order valence-corrected chi connectivity index (χ0v) is 14.0. The van der Waals surface area contributed by atoms with Gasteiger partial charge in [-0.2, -0.15) is 5.10 Å². The molecule has 0 aliphatic carbocycles. The Morgan fingerprint density at radius 1 is 1.39 bits per heavy atom. The van der Waals surface area contributed by atoms with Crippen LogP contribution in [0.4, 0.5) is 0 Å². The van der Waals surface area contributed by atoms with Crippen molar-refractivity contribution in [2.75, 3.05) is 25.4 Å². The molecule has 1 unspecified atom stereocenters. The second-order valence-electron chi connectivity index (χ2n) is 5.47. The highest BCUT2D eigenvalue weighted by atomic mass is 32.2. The van der Waals surface area contributed by atoms with Crippen molar-refractivity contribution in [2.45, 2.75) is 19.4 Å². The minimum Gasteiger partial charge on any atom is -0.347 e. The number of aryl methyl sites for hydroxylation is 1. The first-order chi connectivity index (χ1) is 10.8. The average molecular weight is 343 g/mol.